The number of anilines is 1. The predicted octanol–water partition coefficient (Wildman–Crippen LogP) is 4.76. The van der Waals surface area contributed by atoms with Crippen LogP contribution in [0.1, 0.15) is 42.5 Å². The van der Waals surface area contributed by atoms with E-state index < -0.39 is 6.10 Å². The van der Waals surface area contributed by atoms with Gasteiger partial charge in [0.15, 0.2) is 0 Å². The van der Waals surface area contributed by atoms with Crippen molar-refractivity contribution in [1.82, 2.24) is 5.32 Å². The Bertz CT molecular complexity index is 921. The summed E-state index contributed by atoms with van der Waals surface area (Å²) in [7, 11) is 0. The quantitative estimate of drug-likeness (QED) is 0.547. The highest BCUT2D eigenvalue weighted by Gasteiger charge is 2.15. The van der Waals surface area contributed by atoms with E-state index in [0.29, 0.717) is 40.2 Å². The Morgan fingerprint density at radius 2 is 1.93 bits per heavy atom. The summed E-state index contributed by atoms with van der Waals surface area (Å²) in [5.74, 6) is 0.287. The van der Waals surface area contributed by atoms with Gasteiger partial charge >= 0.3 is 0 Å². The van der Waals surface area contributed by atoms with Crippen LogP contribution in [-0.2, 0) is 0 Å². The first-order valence-corrected chi connectivity index (χ1v) is 9.36. The first-order valence-electron chi connectivity index (χ1n) is 8.98. The summed E-state index contributed by atoms with van der Waals surface area (Å²) < 4.78 is 5.74. The second-order valence-electron chi connectivity index (χ2n) is 6.60. The monoisotopic (exact) mass is 386 g/mol. The summed E-state index contributed by atoms with van der Waals surface area (Å²) in [5.41, 5.74) is 1.85. The molecule has 2 unspecified atom stereocenters. The highest BCUT2D eigenvalue weighted by atomic mass is 35.5. The minimum Gasteiger partial charge on any atom is -0.458 e. The van der Waals surface area contributed by atoms with Crippen LogP contribution in [0.4, 0.5) is 5.69 Å². The van der Waals surface area contributed by atoms with Crippen molar-refractivity contribution in [2.24, 2.45) is 0 Å². The van der Waals surface area contributed by atoms with E-state index in [-0.39, 0.29) is 5.91 Å². The molecule has 0 saturated heterocycles. The Labute approximate surface area is 163 Å². The van der Waals surface area contributed by atoms with Gasteiger partial charge in [-0.25, -0.2) is 0 Å². The van der Waals surface area contributed by atoms with Crippen LogP contribution < -0.4 is 10.6 Å². The molecule has 0 aliphatic rings. The Kier molecular flexibility index (Phi) is 6.16. The minimum absolute atomic E-state index is 0.215. The number of halogens is 1. The number of aliphatic hydroxyl groups is 1. The summed E-state index contributed by atoms with van der Waals surface area (Å²) in [6.45, 7) is 4.58. The van der Waals surface area contributed by atoms with Gasteiger partial charge in [0, 0.05) is 34.2 Å². The van der Waals surface area contributed by atoms with Crippen molar-refractivity contribution < 1.29 is 14.3 Å². The van der Waals surface area contributed by atoms with Crippen LogP contribution in [0, 0.1) is 0 Å². The van der Waals surface area contributed by atoms with Gasteiger partial charge in [0.2, 0.25) is 0 Å². The number of aliphatic hydroxyl groups excluding tert-OH is 1. The number of fused-ring (bicyclic) bond motifs is 1. The zero-order valence-corrected chi connectivity index (χ0v) is 16.1. The van der Waals surface area contributed by atoms with E-state index in [1.807, 2.05) is 6.07 Å². The molecule has 0 aliphatic heterocycles. The summed E-state index contributed by atoms with van der Waals surface area (Å²) in [6, 6.07) is 14.2. The zero-order chi connectivity index (χ0) is 19.4. The van der Waals surface area contributed by atoms with Gasteiger partial charge in [-0.1, -0.05) is 18.5 Å². The fraction of sp³-hybridized carbons (Fsp3) is 0.286. The van der Waals surface area contributed by atoms with Gasteiger partial charge in [-0.2, -0.15) is 0 Å². The Hall–Kier alpha value is -2.34. The molecule has 2 atom stereocenters. The molecule has 27 heavy (non-hydrogen) atoms. The van der Waals surface area contributed by atoms with E-state index >= 15 is 0 Å². The molecule has 1 heterocycles. The first-order chi connectivity index (χ1) is 13.0. The van der Waals surface area contributed by atoms with Gasteiger partial charge in [-0.3, -0.25) is 4.79 Å². The van der Waals surface area contributed by atoms with E-state index in [1.54, 1.807) is 42.5 Å². The predicted molar refractivity (Wildman–Crippen MR) is 108 cm³/mol. The number of amides is 1. The van der Waals surface area contributed by atoms with Gasteiger partial charge in [0.05, 0.1) is 0 Å². The van der Waals surface area contributed by atoms with Crippen LogP contribution >= 0.6 is 11.6 Å². The van der Waals surface area contributed by atoms with Crippen LogP contribution in [0.3, 0.4) is 0 Å². The van der Waals surface area contributed by atoms with E-state index in [1.165, 1.54) is 0 Å². The maximum atomic E-state index is 12.3. The topological polar surface area (TPSA) is 74.5 Å². The van der Waals surface area contributed by atoms with Crippen molar-refractivity contribution in [1.29, 1.82) is 0 Å². The Morgan fingerprint density at radius 3 is 2.63 bits per heavy atom. The number of nitrogens with one attached hydrogen (secondary N) is 2. The third-order valence-electron chi connectivity index (χ3n) is 4.50. The maximum absolute atomic E-state index is 12.3. The molecule has 1 aromatic heterocycles. The van der Waals surface area contributed by atoms with Crippen molar-refractivity contribution in [3.8, 4) is 0 Å². The average Bonchev–Trinajstić information content (AvgIpc) is 3.09. The normalized spacial score (nSPS) is 13.5. The summed E-state index contributed by atoms with van der Waals surface area (Å²) in [4.78, 5) is 12.3. The Balaban J connectivity index is 1.71. The lowest BCUT2D eigenvalue weighted by Gasteiger charge is -2.13. The average molecular weight is 387 g/mol. The smallest absolute Gasteiger partial charge is 0.255 e. The molecule has 0 aliphatic carbocycles. The summed E-state index contributed by atoms with van der Waals surface area (Å²) in [5, 5.41) is 17.8. The fourth-order valence-electron chi connectivity index (χ4n) is 2.67. The minimum atomic E-state index is -0.724. The number of carbonyl (C=O) groups excluding carboxylic acids is 1. The van der Waals surface area contributed by atoms with E-state index in [2.05, 4.69) is 24.5 Å². The number of furan rings is 1. The second kappa shape index (κ2) is 8.57. The van der Waals surface area contributed by atoms with Gasteiger partial charge in [-0.05, 0) is 61.9 Å². The molecule has 3 N–H and O–H groups in total. The summed E-state index contributed by atoms with van der Waals surface area (Å²) >= 11 is 5.85. The highest BCUT2D eigenvalue weighted by Crippen LogP contribution is 2.26. The van der Waals surface area contributed by atoms with Crippen molar-refractivity contribution >= 4 is 34.2 Å². The third kappa shape index (κ3) is 4.89. The SMILES string of the molecule is CCC(C)NCC(O)c1cc2cc(NC(=O)c3ccc(Cl)cc3)ccc2o1. The van der Waals surface area contributed by atoms with Crippen molar-refractivity contribution in [2.45, 2.75) is 32.4 Å². The number of rotatable bonds is 7. The first kappa shape index (κ1) is 19.4. The molecule has 1 amide bonds. The fourth-order valence-corrected chi connectivity index (χ4v) is 2.79. The summed E-state index contributed by atoms with van der Waals surface area (Å²) in [6.07, 6.45) is 0.266. The molecule has 142 valence electrons. The lowest BCUT2D eigenvalue weighted by atomic mass is 10.1. The van der Waals surface area contributed by atoms with E-state index in [9.17, 15) is 9.90 Å². The number of carbonyl (C=O) groups is 1. The molecule has 3 aromatic rings. The molecule has 3 rings (SSSR count). The number of hydrogen-bond donors (Lipinski definition) is 3. The van der Waals surface area contributed by atoms with Gasteiger partial charge < -0.3 is 20.2 Å². The third-order valence-corrected chi connectivity index (χ3v) is 4.75. The lowest BCUT2D eigenvalue weighted by Crippen LogP contribution is -2.29. The van der Waals surface area contributed by atoms with Gasteiger partial charge in [0.1, 0.15) is 17.4 Å². The van der Waals surface area contributed by atoms with Crippen LogP contribution in [0.5, 0.6) is 0 Å². The number of benzene rings is 2. The van der Waals surface area contributed by atoms with Crippen LogP contribution in [-0.4, -0.2) is 23.6 Å². The molecular weight excluding hydrogens is 364 g/mol. The van der Waals surface area contributed by atoms with Crippen LogP contribution in [0.2, 0.25) is 5.02 Å². The van der Waals surface area contributed by atoms with E-state index in [4.69, 9.17) is 16.0 Å². The van der Waals surface area contributed by atoms with Crippen molar-refractivity contribution in [3.63, 3.8) is 0 Å². The molecule has 0 saturated carbocycles. The highest BCUT2D eigenvalue weighted by molar-refractivity contribution is 6.30. The van der Waals surface area contributed by atoms with Crippen LogP contribution in [0.15, 0.2) is 52.9 Å². The Morgan fingerprint density at radius 1 is 1.19 bits per heavy atom. The number of hydrogen-bond acceptors (Lipinski definition) is 4. The molecule has 0 bridgehead atoms. The lowest BCUT2D eigenvalue weighted by molar-refractivity contribution is 0.102. The van der Waals surface area contributed by atoms with Gasteiger partial charge in [-0.15, -0.1) is 0 Å². The molecule has 0 fully saturated rings. The maximum Gasteiger partial charge on any atom is 0.255 e. The zero-order valence-electron chi connectivity index (χ0n) is 15.3. The molecule has 0 spiro atoms. The molecule has 6 heteroatoms. The molecule has 2 aromatic carbocycles. The van der Waals surface area contributed by atoms with Crippen molar-refractivity contribution in [3.05, 3.63) is 64.9 Å². The van der Waals surface area contributed by atoms with E-state index in [0.717, 1.165) is 11.8 Å². The molecule has 5 nitrogen and oxygen atoms in total. The molecule has 0 radical (unpaired) electrons. The molecular formula is C21H23ClN2O3. The second-order valence-corrected chi connectivity index (χ2v) is 7.03. The largest absolute Gasteiger partial charge is 0.458 e. The van der Waals surface area contributed by atoms with Crippen LogP contribution in [0.25, 0.3) is 11.0 Å². The van der Waals surface area contributed by atoms with Gasteiger partial charge in [0.25, 0.3) is 5.91 Å². The van der Waals surface area contributed by atoms with Crippen molar-refractivity contribution in [2.75, 3.05) is 11.9 Å². The standard InChI is InChI=1S/C21H23ClN2O3/c1-3-13(2)23-12-18(25)20-11-15-10-17(8-9-19(15)27-20)24-21(26)14-4-6-16(22)7-5-14/h4-11,13,18,23,25H,3,12H2,1-2H3,(H,24,26).